The van der Waals surface area contributed by atoms with Gasteiger partial charge in [0, 0.05) is 5.57 Å². The van der Waals surface area contributed by atoms with Gasteiger partial charge >= 0.3 is 0 Å². The van der Waals surface area contributed by atoms with Crippen LogP contribution in [0.1, 0.15) is 11.1 Å². The number of allylic oxidation sites excluding steroid dienone is 2. The summed E-state index contributed by atoms with van der Waals surface area (Å²) in [6, 6.07) is 24.5. The van der Waals surface area contributed by atoms with Crippen molar-refractivity contribution in [3.63, 3.8) is 0 Å². The first kappa shape index (κ1) is 13.3. The largest absolute Gasteiger partial charge is 0.298 e. The van der Waals surface area contributed by atoms with Gasteiger partial charge in [-0.05, 0) is 34.4 Å². The molecule has 0 fully saturated rings. The molecule has 21 heavy (non-hydrogen) atoms. The van der Waals surface area contributed by atoms with Gasteiger partial charge in [-0.1, -0.05) is 72.8 Å². The van der Waals surface area contributed by atoms with E-state index in [1.54, 1.807) is 0 Å². The lowest BCUT2D eigenvalue weighted by molar-refractivity contribution is -0.103. The number of fused-ring (bicyclic) bond motifs is 1. The first-order valence-corrected chi connectivity index (χ1v) is 7.05. The summed E-state index contributed by atoms with van der Waals surface area (Å²) in [7, 11) is 0. The predicted octanol–water partition coefficient (Wildman–Crippen LogP) is 4.66. The maximum Gasteiger partial charge on any atom is 0.150 e. The summed E-state index contributed by atoms with van der Waals surface area (Å²) in [6.45, 7) is 0. The Morgan fingerprint density at radius 2 is 1.52 bits per heavy atom. The monoisotopic (exact) mass is 272 g/mol. The van der Waals surface area contributed by atoms with Crippen molar-refractivity contribution in [2.45, 2.75) is 6.42 Å². The van der Waals surface area contributed by atoms with Crippen LogP contribution in [0, 0.1) is 0 Å². The van der Waals surface area contributed by atoms with E-state index < -0.39 is 0 Å². The Kier molecular flexibility index (Phi) is 3.92. The van der Waals surface area contributed by atoms with Crippen molar-refractivity contribution in [1.82, 2.24) is 0 Å². The molecular weight excluding hydrogens is 256 g/mol. The Hall–Kier alpha value is -2.67. The molecule has 0 heterocycles. The highest BCUT2D eigenvalue weighted by molar-refractivity contribution is 6.08. The maximum absolute atomic E-state index is 11.4. The van der Waals surface area contributed by atoms with Crippen molar-refractivity contribution in [1.29, 1.82) is 0 Å². The highest BCUT2D eigenvalue weighted by Crippen LogP contribution is 2.20. The summed E-state index contributed by atoms with van der Waals surface area (Å²) in [5.74, 6) is 0. The van der Waals surface area contributed by atoms with Crippen molar-refractivity contribution in [3.05, 3.63) is 90.0 Å². The van der Waals surface area contributed by atoms with E-state index in [1.807, 2.05) is 42.5 Å². The van der Waals surface area contributed by atoms with E-state index in [4.69, 9.17) is 0 Å². The maximum atomic E-state index is 11.4. The van der Waals surface area contributed by atoms with Gasteiger partial charge in [0.25, 0.3) is 0 Å². The fourth-order valence-electron chi connectivity index (χ4n) is 2.44. The van der Waals surface area contributed by atoms with Crippen LogP contribution >= 0.6 is 0 Å². The van der Waals surface area contributed by atoms with Gasteiger partial charge in [0.2, 0.25) is 0 Å². The quantitative estimate of drug-likeness (QED) is 0.498. The van der Waals surface area contributed by atoms with Crippen molar-refractivity contribution in [2.24, 2.45) is 0 Å². The Balaban J connectivity index is 1.92. The third-order valence-electron chi connectivity index (χ3n) is 3.61. The molecule has 0 unspecified atom stereocenters. The standard InChI is InChI=1S/C20H16O/c21-15-20(11-10-16-6-2-1-3-7-16)19-13-12-17-8-4-5-9-18(17)14-19/h1-9,11-15H,10H2/b20-11-. The fraction of sp³-hybridized carbons (Fsp3) is 0.0500. The smallest absolute Gasteiger partial charge is 0.150 e. The second-order valence-corrected chi connectivity index (χ2v) is 5.03. The molecule has 0 spiro atoms. The molecular formula is C20H16O. The first-order chi connectivity index (χ1) is 10.4. The van der Waals surface area contributed by atoms with Crippen LogP contribution < -0.4 is 0 Å². The normalized spacial score (nSPS) is 11.5. The molecule has 0 aliphatic carbocycles. The molecule has 0 N–H and O–H groups in total. The number of aldehydes is 1. The van der Waals surface area contributed by atoms with Crippen LogP contribution in [-0.4, -0.2) is 6.29 Å². The lowest BCUT2D eigenvalue weighted by Crippen LogP contribution is -1.89. The zero-order valence-corrected chi connectivity index (χ0v) is 11.7. The Bertz CT molecular complexity index is 785. The summed E-state index contributed by atoms with van der Waals surface area (Å²) in [6.07, 6.45) is 3.70. The lowest BCUT2D eigenvalue weighted by atomic mass is 10.0. The van der Waals surface area contributed by atoms with Crippen LogP contribution in [-0.2, 0) is 11.2 Å². The second-order valence-electron chi connectivity index (χ2n) is 5.03. The van der Waals surface area contributed by atoms with Gasteiger partial charge in [0.1, 0.15) is 6.29 Å². The highest BCUT2D eigenvalue weighted by atomic mass is 16.1. The van der Waals surface area contributed by atoms with E-state index in [-0.39, 0.29) is 0 Å². The van der Waals surface area contributed by atoms with Crippen LogP contribution in [0.4, 0.5) is 0 Å². The van der Waals surface area contributed by atoms with Crippen LogP contribution in [0.15, 0.2) is 78.9 Å². The van der Waals surface area contributed by atoms with Gasteiger partial charge in [0.05, 0.1) is 0 Å². The van der Waals surface area contributed by atoms with Crippen LogP contribution in [0.3, 0.4) is 0 Å². The number of carbonyl (C=O) groups is 1. The van der Waals surface area contributed by atoms with Gasteiger partial charge in [-0.2, -0.15) is 0 Å². The molecule has 0 radical (unpaired) electrons. The number of carbonyl (C=O) groups excluding carboxylic acids is 1. The zero-order valence-electron chi connectivity index (χ0n) is 11.7. The van der Waals surface area contributed by atoms with E-state index in [1.165, 1.54) is 10.9 Å². The zero-order chi connectivity index (χ0) is 14.5. The van der Waals surface area contributed by atoms with Crippen molar-refractivity contribution < 1.29 is 4.79 Å². The molecule has 0 amide bonds. The average Bonchev–Trinajstić information content (AvgIpc) is 2.56. The second kappa shape index (κ2) is 6.19. The third kappa shape index (κ3) is 3.09. The molecule has 0 saturated carbocycles. The van der Waals surface area contributed by atoms with Crippen LogP contribution in [0.5, 0.6) is 0 Å². The minimum Gasteiger partial charge on any atom is -0.298 e. The highest BCUT2D eigenvalue weighted by Gasteiger charge is 2.02. The third-order valence-corrected chi connectivity index (χ3v) is 3.61. The average molecular weight is 272 g/mol. The number of rotatable bonds is 4. The van der Waals surface area contributed by atoms with Gasteiger partial charge in [-0.15, -0.1) is 0 Å². The lowest BCUT2D eigenvalue weighted by Gasteiger charge is -2.04. The fourth-order valence-corrected chi connectivity index (χ4v) is 2.44. The minimum absolute atomic E-state index is 0.740. The van der Waals surface area contributed by atoms with E-state index in [0.29, 0.717) is 0 Å². The molecule has 102 valence electrons. The molecule has 0 aliphatic rings. The Morgan fingerprint density at radius 1 is 0.810 bits per heavy atom. The van der Waals surface area contributed by atoms with Gasteiger partial charge in [-0.3, -0.25) is 4.79 Å². The Morgan fingerprint density at radius 3 is 2.29 bits per heavy atom. The molecule has 1 nitrogen and oxygen atoms in total. The van der Waals surface area contributed by atoms with Gasteiger partial charge < -0.3 is 0 Å². The molecule has 3 aromatic rings. The molecule has 1 heteroatoms. The summed E-state index contributed by atoms with van der Waals surface area (Å²) >= 11 is 0. The number of hydrogen-bond acceptors (Lipinski definition) is 1. The van der Waals surface area contributed by atoms with Crippen molar-refractivity contribution >= 4 is 22.6 Å². The van der Waals surface area contributed by atoms with Gasteiger partial charge in [-0.25, -0.2) is 0 Å². The molecule has 0 aromatic heterocycles. The molecule has 0 saturated heterocycles. The minimum atomic E-state index is 0.740. The summed E-state index contributed by atoms with van der Waals surface area (Å²) in [5.41, 5.74) is 2.92. The first-order valence-electron chi connectivity index (χ1n) is 7.05. The number of hydrogen-bond donors (Lipinski definition) is 0. The van der Waals surface area contributed by atoms with Crippen molar-refractivity contribution in [2.75, 3.05) is 0 Å². The van der Waals surface area contributed by atoms with Crippen LogP contribution in [0.2, 0.25) is 0 Å². The molecule has 0 bridgehead atoms. The summed E-state index contributed by atoms with van der Waals surface area (Å²) in [4.78, 5) is 11.4. The summed E-state index contributed by atoms with van der Waals surface area (Å²) < 4.78 is 0. The van der Waals surface area contributed by atoms with Crippen molar-refractivity contribution in [3.8, 4) is 0 Å². The van der Waals surface area contributed by atoms with E-state index >= 15 is 0 Å². The van der Waals surface area contributed by atoms with E-state index in [2.05, 4.69) is 36.4 Å². The van der Waals surface area contributed by atoms with E-state index in [9.17, 15) is 4.79 Å². The topological polar surface area (TPSA) is 17.1 Å². The van der Waals surface area contributed by atoms with Gasteiger partial charge in [0.15, 0.2) is 0 Å². The molecule has 3 rings (SSSR count). The van der Waals surface area contributed by atoms with E-state index in [0.717, 1.165) is 29.2 Å². The van der Waals surface area contributed by atoms with Crippen LogP contribution in [0.25, 0.3) is 16.3 Å². The molecule has 0 atom stereocenters. The summed E-state index contributed by atoms with van der Waals surface area (Å²) in [5, 5.41) is 2.34. The Labute approximate surface area is 124 Å². The SMILES string of the molecule is O=C/C(=C/Cc1ccccc1)c1ccc2ccccc2c1. The number of benzene rings is 3. The predicted molar refractivity (Wildman–Crippen MR) is 88.1 cm³/mol. The molecule has 0 aliphatic heterocycles. The molecule has 3 aromatic carbocycles.